The molecular weight excluding hydrogens is 452 g/mol. The first-order valence-corrected chi connectivity index (χ1v) is 11.5. The molecule has 3 rings (SSSR count). The van der Waals surface area contributed by atoms with Gasteiger partial charge in [-0.3, -0.25) is 9.80 Å². The highest BCUT2D eigenvalue weighted by Gasteiger charge is 2.21. The van der Waals surface area contributed by atoms with Crippen molar-refractivity contribution in [2.45, 2.75) is 32.4 Å². The molecule has 1 aromatic heterocycles. The minimum absolute atomic E-state index is 0.156. The number of hydrogen-bond donors (Lipinski definition) is 3. The maximum atomic E-state index is 9.55. The van der Waals surface area contributed by atoms with Crippen LogP contribution in [0, 0.1) is 22.7 Å². The molecule has 2 saturated heterocycles. The van der Waals surface area contributed by atoms with E-state index in [1.54, 1.807) is 0 Å². The predicted octanol–water partition coefficient (Wildman–Crippen LogP) is 1.57. The van der Waals surface area contributed by atoms with Crippen molar-refractivity contribution in [3.63, 3.8) is 0 Å². The van der Waals surface area contributed by atoms with Crippen molar-refractivity contribution in [3.8, 4) is 12.1 Å². The molecule has 1 aromatic rings. The Morgan fingerprint density at radius 1 is 1.09 bits per heavy atom. The predicted molar refractivity (Wildman–Crippen MR) is 126 cm³/mol. The van der Waals surface area contributed by atoms with Crippen molar-refractivity contribution < 1.29 is 24.2 Å². The Morgan fingerprint density at radius 2 is 1.71 bits per heavy atom. The van der Waals surface area contributed by atoms with E-state index in [-0.39, 0.29) is 5.57 Å². The number of likely N-dealkylation sites (tertiary alicyclic amines) is 1. The second-order valence-corrected chi connectivity index (χ2v) is 8.31. The Balaban J connectivity index is 0.000000466. The molecule has 2 aliphatic rings. The van der Waals surface area contributed by atoms with Gasteiger partial charge in [0, 0.05) is 38.3 Å². The summed E-state index contributed by atoms with van der Waals surface area (Å²) >= 11 is 0. The molecule has 3 N–H and O–H groups in total. The molecule has 3 heterocycles. The fraction of sp³-hybridized carbons (Fsp3) is 0.500. The number of furan rings is 1. The average molecular weight is 485 g/mol. The molecule has 0 bridgehead atoms. The van der Waals surface area contributed by atoms with Crippen molar-refractivity contribution in [3.05, 3.63) is 47.2 Å². The van der Waals surface area contributed by atoms with Crippen molar-refractivity contribution in [1.29, 1.82) is 10.5 Å². The number of rotatable bonds is 9. The fourth-order valence-electron chi connectivity index (χ4n) is 3.84. The monoisotopic (exact) mass is 484 g/mol. The van der Waals surface area contributed by atoms with Crippen LogP contribution in [0.2, 0.25) is 0 Å². The summed E-state index contributed by atoms with van der Waals surface area (Å²) in [4.78, 5) is 25.8. The summed E-state index contributed by atoms with van der Waals surface area (Å²) in [6.07, 6.45) is 5.04. The number of carbonyl (C=O) groups is 2. The van der Waals surface area contributed by atoms with Crippen LogP contribution in [-0.2, 0) is 22.7 Å². The van der Waals surface area contributed by atoms with E-state index in [4.69, 9.17) is 25.2 Å². The second-order valence-electron chi connectivity index (χ2n) is 8.31. The van der Waals surface area contributed by atoms with Crippen molar-refractivity contribution in [2.24, 2.45) is 0 Å². The molecule has 0 aliphatic carbocycles. The lowest BCUT2D eigenvalue weighted by Gasteiger charge is -2.25. The van der Waals surface area contributed by atoms with E-state index in [2.05, 4.69) is 39.2 Å². The molecule has 2 aliphatic heterocycles. The minimum atomic E-state index is -1.26. The van der Waals surface area contributed by atoms with E-state index in [1.807, 2.05) is 12.1 Å². The van der Waals surface area contributed by atoms with E-state index >= 15 is 0 Å². The van der Waals surface area contributed by atoms with Crippen molar-refractivity contribution >= 4 is 11.9 Å². The van der Waals surface area contributed by atoms with Gasteiger partial charge in [-0.2, -0.15) is 10.5 Å². The first-order chi connectivity index (χ1) is 16.8. The van der Waals surface area contributed by atoms with Crippen LogP contribution in [-0.4, -0.2) is 83.2 Å². The minimum Gasteiger partial charge on any atom is -0.478 e. The lowest BCUT2D eigenvalue weighted by Crippen LogP contribution is -2.31. The van der Waals surface area contributed by atoms with Crippen LogP contribution in [0.3, 0.4) is 0 Å². The molecule has 0 amide bonds. The number of nitrogens with zero attached hydrogens (tertiary/aromatic N) is 5. The normalized spacial score (nSPS) is 15.8. The summed E-state index contributed by atoms with van der Waals surface area (Å²) in [5.74, 6) is 0.173. The van der Waals surface area contributed by atoms with Crippen LogP contribution in [0.5, 0.6) is 0 Å². The lowest BCUT2D eigenvalue weighted by molar-refractivity contribution is -0.134. The molecule has 0 aromatic carbocycles. The third-order valence-corrected chi connectivity index (χ3v) is 5.54. The van der Waals surface area contributed by atoms with Crippen LogP contribution < -0.4 is 5.32 Å². The van der Waals surface area contributed by atoms with Gasteiger partial charge in [-0.25, -0.2) is 9.59 Å². The van der Waals surface area contributed by atoms with Gasteiger partial charge in [-0.1, -0.05) is 6.42 Å². The summed E-state index contributed by atoms with van der Waals surface area (Å²) in [5, 5.41) is 36.9. The topological polar surface area (TPSA) is 157 Å². The number of hydrogen-bond acceptors (Lipinski definition) is 9. The molecule has 11 nitrogen and oxygen atoms in total. The molecule has 0 atom stereocenters. The molecule has 0 spiro atoms. The molecule has 35 heavy (non-hydrogen) atoms. The summed E-state index contributed by atoms with van der Waals surface area (Å²) in [7, 11) is 2.06. The largest absolute Gasteiger partial charge is 0.478 e. The van der Waals surface area contributed by atoms with Gasteiger partial charge in [0.1, 0.15) is 29.5 Å². The first-order valence-electron chi connectivity index (χ1n) is 11.5. The zero-order valence-corrected chi connectivity index (χ0v) is 19.9. The van der Waals surface area contributed by atoms with Gasteiger partial charge in [-0.05, 0) is 45.1 Å². The third-order valence-electron chi connectivity index (χ3n) is 5.54. The van der Waals surface area contributed by atoms with E-state index in [0.717, 1.165) is 50.8 Å². The SMILES string of the molecule is CN(CCN1CCNC1=C(C#N)C#N)Cc1ccc(CN2CCCCC2)o1.O=C(O)/C=C/C(=O)O. The second kappa shape index (κ2) is 14.5. The zero-order chi connectivity index (χ0) is 25.6. The smallest absolute Gasteiger partial charge is 0.328 e. The molecule has 2 fully saturated rings. The first kappa shape index (κ1) is 27.4. The average Bonchev–Trinajstić information content (AvgIpc) is 3.48. The summed E-state index contributed by atoms with van der Waals surface area (Å²) < 4.78 is 6.02. The summed E-state index contributed by atoms with van der Waals surface area (Å²) in [6, 6.07) is 8.10. The Bertz CT molecular complexity index is 965. The van der Waals surface area contributed by atoms with Crippen molar-refractivity contribution in [1.82, 2.24) is 20.0 Å². The number of nitriles is 2. The van der Waals surface area contributed by atoms with Crippen molar-refractivity contribution in [2.75, 3.05) is 46.3 Å². The number of carboxylic acids is 2. The molecule has 11 heteroatoms. The van der Waals surface area contributed by atoms with Crippen LogP contribution in [0.25, 0.3) is 0 Å². The van der Waals surface area contributed by atoms with Gasteiger partial charge in [0.2, 0.25) is 0 Å². The van der Waals surface area contributed by atoms with E-state index in [0.29, 0.717) is 18.0 Å². The molecule has 188 valence electrons. The summed E-state index contributed by atoms with van der Waals surface area (Å²) in [5.41, 5.74) is 0.156. The molecular formula is C24H32N6O5. The van der Waals surface area contributed by atoms with Crippen LogP contribution in [0.1, 0.15) is 30.8 Å². The number of nitrogens with one attached hydrogen (secondary N) is 1. The Kier molecular flexibility index (Phi) is 11.3. The quantitative estimate of drug-likeness (QED) is 0.345. The van der Waals surface area contributed by atoms with E-state index < -0.39 is 11.9 Å². The number of aliphatic carboxylic acids is 2. The van der Waals surface area contributed by atoms with Crippen LogP contribution >= 0.6 is 0 Å². The van der Waals surface area contributed by atoms with Crippen LogP contribution in [0.15, 0.2) is 40.1 Å². The highest BCUT2D eigenvalue weighted by molar-refractivity contribution is 5.89. The van der Waals surface area contributed by atoms with E-state index in [9.17, 15) is 9.59 Å². The maximum absolute atomic E-state index is 9.55. The number of piperidine rings is 1. The van der Waals surface area contributed by atoms with Gasteiger partial charge in [0.15, 0.2) is 5.57 Å². The standard InChI is InChI=1S/C20H28N6O.C4H4O4/c1-24(11-12-26-10-7-23-20(26)17(13-21)14-22)15-18-5-6-19(27-18)16-25-8-3-2-4-9-25;5-3(6)1-2-4(7)8/h5-6,23H,2-4,7-12,15-16H2,1H3;1-2H,(H,5,6)(H,7,8)/b;2-1+. The third kappa shape index (κ3) is 9.92. The highest BCUT2D eigenvalue weighted by atomic mass is 16.4. The Morgan fingerprint density at radius 3 is 2.31 bits per heavy atom. The molecule has 0 radical (unpaired) electrons. The van der Waals surface area contributed by atoms with Crippen LogP contribution in [0.4, 0.5) is 0 Å². The molecule has 0 unspecified atom stereocenters. The molecule has 0 saturated carbocycles. The number of carboxylic acid groups (broad SMARTS) is 2. The van der Waals surface area contributed by atoms with Gasteiger partial charge >= 0.3 is 11.9 Å². The number of allylic oxidation sites excluding steroid dienone is 1. The zero-order valence-electron chi connectivity index (χ0n) is 19.9. The lowest BCUT2D eigenvalue weighted by atomic mass is 10.1. The number of likely N-dealkylation sites (N-methyl/N-ethyl adjacent to an activating group) is 1. The van der Waals surface area contributed by atoms with Gasteiger partial charge in [0.05, 0.1) is 13.1 Å². The van der Waals surface area contributed by atoms with Gasteiger partial charge < -0.3 is 24.8 Å². The Labute approximate surface area is 205 Å². The van der Waals surface area contributed by atoms with E-state index in [1.165, 1.54) is 32.4 Å². The Hall–Kier alpha value is -3.80. The van der Waals surface area contributed by atoms with Gasteiger partial charge in [0.25, 0.3) is 0 Å². The maximum Gasteiger partial charge on any atom is 0.328 e. The highest BCUT2D eigenvalue weighted by Crippen LogP contribution is 2.16. The fourth-order valence-corrected chi connectivity index (χ4v) is 3.84. The van der Waals surface area contributed by atoms with Gasteiger partial charge in [-0.15, -0.1) is 0 Å². The summed E-state index contributed by atoms with van der Waals surface area (Å²) in [6.45, 7) is 7.18.